The lowest BCUT2D eigenvalue weighted by Crippen LogP contribution is -2.49. The standard InChI is InChI=1S/C26H44N2O4/c29-17-7-8-18-31-25-20-22(21-9-3-1-4-10-21)19-24(32-25)26(30)28-15-11-23(12-16-28)27-13-5-2-6-14-27/h19,21-23,25,29H,1-18,20H2/t22-,25+/m0/s1. The zero-order valence-corrected chi connectivity index (χ0v) is 19.9. The Morgan fingerprint density at radius 2 is 1.69 bits per heavy atom. The highest BCUT2D eigenvalue weighted by molar-refractivity contribution is 5.91. The van der Waals surface area contributed by atoms with Gasteiger partial charge in [0.15, 0.2) is 5.76 Å². The third-order valence-electron chi connectivity index (χ3n) is 8.07. The SMILES string of the molecule is O=C(C1=C[C@H](C2CCCCC2)C[C@H](OCCCCO)O1)N1CCC(N2CCCCC2)CC1. The van der Waals surface area contributed by atoms with E-state index >= 15 is 0 Å². The normalized spacial score (nSPS) is 28.9. The number of aliphatic hydroxyl groups is 1. The number of likely N-dealkylation sites (tertiary alicyclic amines) is 2. The molecule has 0 spiro atoms. The minimum Gasteiger partial charge on any atom is -0.459 e. The van der Waals surface area contributed by atoms with Crippen LogP contribution in [0.1, 0.15) is 83.5 Å². The molecule has 3 heterocycles. The summed E-state index contributed by atoms with van der Waals surface area (Å²) in [4.78, 5) is 18.1. The van der Waals surface area contributed by atoms with Crippen LogP contribution < -0.4 is 0 Å². The van der Waals surface area contributed by atoms with Crippen LogP contribution in [0.4, 0.5) is 0 Å². The zero-order chi connectivity index (χ0) is 22.2. The molecule has 32 heavy (non-hydrogen) atoms. The highest BCUT2D eigenvalue weighted by Gasteiger charge is 2.35. The molecule has 0 radical (unpaired) electrons. The van der Waals surface area contributed by atoms with Crippen molar-refractivity contribution in [3.63, 3.8) is 0 Å². The fraction of sp³-hybridized carbons (Fsp3) is 0.885. The maximum atomic E-state index is 13.4. The van der Waals surface area contributed by atoms with Crippen LogP contribution in [-0.4, -0.2) is 72.5 Å². The van der Waals surface area contributed by atoms with Gasteiger partial charge in [-0.25, -0.2) is 0 Å². The molecule has 182 valence electrons. The van der Waals surface area contributed by atoms with E-state index < -0.39 is 0 Å². The number of nitrogens with zero attached hydrogens (tertiary/aromatic N) is 2. The van der Waals surface area contributed by atoms with Crippen LogP contribution in [0.25, 0.3) is 0 Å². The van der Waals surface area contributed by atoms with Gasteiger partial charge in [-0.15, -0.1) is 0 Å². The predicted molar refractivity (Wildman–Crippen MR) is 125 cm³/mol. The van der Waals surface area contributed by atoms with Gasteiger partial charge >= 0.3 is 0 Å². The van der Waals surface area contributed by atoms with Crippen molar-refractivity contribution in [2.45, 2.75) is 95.8 Å². The maximum Gasteiger partial charge on any atom is 0.288 e. The van der Waals surface area contributed by atoms with Crippen molar-refractivity contribution in [2.75, 3.05) is 39.4 Å². The predicted octanol–water partition coefficient (Wildman–Crippen LogP) is 4.08. The summed E-state index contributed by atoms with van der Waals surface area (Å²) in [5, 5.41) is 9.03. The Labute approximate surface area is 194 Å². The van der Waals surface area contributed by atoms with Gasteiger partial charge in [0.05, 0.1) is 6.61 Å². The first kappa shape index (κ1) is 24.0. The van der Waals surface area contributed by atoms with Gasteiger partial charge in [-0.1, -0.05) is 25.7 Å². The fourth-order valence-electron chi connectivity index (χ4n) is 6.13. The Hall–Kier alpha value is -1.11. The smallest absolute Gasteiger partial charge is 0.288 e. The molecule has 1 N–H and O–H groups in total. The Kier molecular flexibility index (Phi) is 9.30. The number of unbranched alkanes of at least 4 members (excludes halogenated alkanes) is 1. The molecule has 0 aromatic heterocycles. The lowest BCUT2D eigenvalue weighted by Gasteiger charge is -2.41. The number of ether oxygens (including phenoxy) is 2. The lowest BCUT2D eigenvalue weighted by molar-refractivity contribution is -0.158. The van der Waals surface area contributed by atoms with Crippen LogP contribution in [0, 0.1) is 11.8 Å². The molecule has 4 rings (SSSR count). The van der Waals surface area contributed by atoms with Crippen molar-refractivity contribution in [1.29, 1.82) is 0 Å². The van der Waals surface area contributed by atoms with Crippen molar-refractivity contribution >= 4 is 5.91 Å². The Balaban J connectivity index is 1.35. The van der Waals surface area contributed by atoms with Gasteiger partial charge in [-0.05, 0) is 82.4 Å². The number of aliphatic hydroxyl groups excluding tert-OH is 1. The first-order valence-corrected chi connectivity index (χ1v) is 13.4. The van der Waals surface area contributed by atoms with Crippen molar-refractivity contribution in [2.24, 2.45) is 11.8 Å². The van der Waals surface area contributed by atoms with E-state index in [-0.39, 0.29) is 18.8 Å². The van der Waals surface area contributed by atoms with Gasteiger partial charge in [-0.3, -0.25) is 4.79 Å². The number of amides is 1. The molecule has 3 aliphatic heterocycles. The van der Waals surface area contributed by atoms with E-state index in [0.717, 1.165) is 45.2 Å². The molecule has 1 aliphatic carbocycles. The summed E-state index contributed by atoms with van der Waals surface area (Å²) in [6.07, 6.45) is 16.8. The van der Waals surface area contributed by atoms with Crippen LogP contribution >= 0.6 is 0 Å². The van der Waals surface area contributed by atoms with E-state index in [1.165, 1.54) is 64.5 Å². The van der Waals surface area contributed by atoms with Crippen LogP contribution in [0.5, 0.6) is 0 Å². The molecule has 6 nitrogen and oxygen atoms in total. The quantitative estimate of drug-likeness (QED) is 0.567. The van der Waals surface area contributed by atoms with Gasteiger partial charge in [0, 0.05) is 32.2 Å². The number of carbonyl (C=O) groups excluding carboxylic acids is 1. The number of rotatable bonds is 8. The average molecular weight is 449 g/mol. The minimum absolute atomic E-state index is 0.0616. The Morgan fingerprint density at radius 3 is 2.41 bits per heavy atom. The molecule has 2 atom stereocenters. The average Bonchev–Trinajstić information content (AvgIpc) is 2.87. The van der Waals surface area contributed by atoms with E-state index in [9.17, 15) is 4.79 Å². The summed E-state index contributed by atoms with van der Waals surface area (Å²) in [6, 6.07) is 0.637. The third-order valence-corrected chi connectivity index (χ3v) is 8.07. The minimum atomic E-state index is -0.338. The zero-order valence-electron chi connectivity index (χ0n) is 19.9. The maximum absolute atomic E-state index is 13.4. The number of piperidine rings is 2. The molecule has 4 aliphatic rings. The molecule has 1 saturated carbocycles. The Bertz CT molecular complexity index is 605. The van der Waals surface area contributed by atoms with Gasteiger partial charge in [0.1, 0.15) is 0 Å². The fourth-order valence-corrected chi connectivity index (χ4v) is 6.13. The third kappa shape index (κ3) is 6.48. The Morgan fingerprint density at radius 1 is 0.969 bits per heavy atom. The molecular weight excluding hydrogens is 404 g/mol. The van der Waals surface area contributed by atoms with Crippen molar-refractivity contribution in [3.05, 3.63) is 11.8 Å². The summed E-state index contributed by atoms with van der Waals surface area (Å²) in [5.41, 5.74) is 0. The second-order valence-corrected chi connectivity index (χ2v) is 10.3. The van der Waals surface area contributed by atoms with Crippen LogP contribution in [0.15, 0.2) is 11.8 Å². The number of carbonyl (C=O) groups is 1. The largest absolute Gasteiger partial charge is 0.459 e. The molecule has 6 heteroatoms. The van der Waals surface area contributed by atoms with Crippen LogP contribution in [-0.2, 0) is 14.3 Å². The van der Waals surface area contributed by atoms with E-state index in [2.05, 4.69) is 11.0 Å². The van der Waals surface area contributed by atoms with Crippen LogP contribution in [0.3, 0.4) is 0 Å². The molecule has 0 aromatic carbocycles. The number of allylic oxidation sites excluding steroid dienone is 1. The van der Waals surface area contributed by atoms with E-state index in [4.69, 9.17) is 14.6 Å². The van der Waals surface area contributed by atoms with E-state index in [1.54, 1.807) is 0 Å². The van der Waals surface area contributed by atoms with Crippen molar-refractivity contribution < 1.29 is 19.4 Å². The molecule has 2 saturated heterocycles. The van der Waals surface area contributed by atoms with Gasteiger partial charge in [0.2, 0.25) is 6.29 Å². The molecule has 0 aromatic rings. The number of hydrogen-bond acceptors (Lipinski definition) is 5. The summed E-state index contributed by atoms with van der Waals surface area (Å²) in [7, 11) is 0. The molecule has 1 amide bonds. The number of hydrogen-bond donors (Lipinski definition) is 1. The van der Waals surface area contributed by atoms with Gasteiger partial charge < -0.3 is 24.4 Å². The van der Waals surface area contributed by atoms with E-state index in [0.29, 0.717) is 30.2 Å². The summed E-state index contributed by atoms with van der Waals surface area (Å²) in [6.45, 7) is 4.88. The topological polar surface area (TPSA) is 62.2 Å². The van der Waals surface area contributed by atoms with E-state index in [1.807, 2.05) is 4.90 Å². The lowest BCUT2D eigenvalue weighted by atomic mass is 9.77. The molecular formula is C26H44N2O4. The molecule has 0 bridgehead atoms. The first-order valence-electron chi connectivity index (χ1n) is 13.4. The first-order chi connectivity index (χ1) is 15.7. The van der Waals surface area contributed by atoms with Crippen molar-refractivity contribution in [3.8, 4) is 0 Å². The molecule has 3 fully saturated rings. The van der Waals surface area contributed by atoms with Crippen LogP contribution in [0.2, 0.25) is 0 Å². The second kappa shape index (κ2) is 12.4. The van der Waals surface area contributed by atoms with Crippen molar-refractivity contribution in [1.82, 2.24) is 9.80 Å². The highest BCUT2D eigenvalue weighted by atomic mass is 16.7. The second-order valence-electron chi connectivity index (χ2n) is 10.3. The highest BCUT2D eigenvalue weighted by Crippen LogP contribution is 2.37. The summed E-state index contributed by atoms with van der Waals surface area (Å²) >= 11 is 0. The summed E-state index contributed by atoms with van der Waals surface area (Å²) < 4.78 is 12.1. The molecule has 0 unspecified atom stereocenters. The monoisotopic (exact) mass is 448 g/mol. The van der Waals surface area contributed by atoms with Gasteiger partial charge in [0.25, 0.3) is 5.91 Å². The van der Waals surface area contributed by atoms with Gasteiger partial charge in [-0.2, -0.15) is 0 Å². The summed E-state index contributed by atoms with van der Waals surface area (Å²) in [5.74, 6) is 1.60.